The monoisotopic (exact) mass is 419 g/mol. The molecule has 3 aliphatic rings. The first-order chi connectivity index (χ1) is 13.6. The number of unbranched alkanes of at least 4 members (excludes halogenated alkanes) is 1. The zero-order chi connectivity index (χ0) is 19.5. The Bertz CT molecular complexity index is 780. The predicted molar refractivity (Wildman–Crippen MR) is 115 cm³/mol. The molecule has 3 amide bonds. The van der Waals surface area contributed by atoms with Crippen LogP contribution in [0.3, 0.4) is 0 Å². The van der Waals surface area contributed by atoms with Crippen molar-refractivity contribution in [3.63, 3.8) is 0 Å². The fourth-order valence-corrected chi connectivity index (χ4v) is 7.03. The van der Waals surface area contributed by atoms with E-state index in [9.17, 15) is 14.4 Å². The van der Waals surface area contributed by atoms with E-state index in [4.69, 9.17) is 0 Å². The van der Waals surface area contributed by atoms with Gasteiger partial charge in [-0.3, -0.25) is 14.4 Å². The molecule has 0 aromatic heterocycles. The van der Waals surface area contributed by atoms with Crippen molar-refractivity contribution >= 4 is 50.7 Å². The van der Waals surface area contributed by atoms with E-state index < -0.39 is 0 Å². The minimum absolute atomic E-state index is 0.0300. The minimum Gasteiger partial charge on any atom is -0.327 e. The molecule has 0 saturated carbocycles. The molecule has 1 aromatic carbocycles. The van der Waals surface area contributed by atoms with Crippen LogP contribution in [0.1, 0.15) is 55.3 Å². The normalized spacial score (nSPS) is 23.8. The first-order valence-electron chi connectivity index (χ1n) is 9.96. The minimum atomic E-state index is -0.380. The summed E-state index contributed by atoms with van der Waals surface area (Å²) < 4.78 is 0. The number of fused-ring (bicyclic) bond motifs is 2. The maximum absolute atomic E-state index is 12.9. The number of rotatable bonds is 6. The van der Waals surface area contributed by atoms with Gasteiger partial charge >= 0.3 is 0 Å². The van der Waals surface area contributed by atoms with Crippen molar-refractivity contribution in [3.8, 4) is 0 Å². The molecule has 0 spiro atoms. The molecule has 1 aromatic rings. The second-order valence-electron chi connectivity index (χ2n) is 7.53. The first-order valence-corrected chi connectivity index (χ1v) is 12.3. The van der Waals surface area contributed by atoms with Gasteiger partial charge in [-0.2, -0.15) is 0 Å². The highest BCUT2D eigenvalue weighted by atomic mass is 33.1. The van der Waals surface area contributed by atoms with Gasteiger partial charge in [0, 0.05) is 29.7 Å². The van der Waals surface area contributed by atoms with Crippen molar-refractivity contribution in [2.75, 3.05) is 22.9 Å². The summed E-state index contributed by atoms with van der Waals surface area (Å²) in [5.41, 5.74) is 1.58. The van der Waals surface area contributed by atoms with Gasteiger partial charge in [0.05, 0.1) is 11.3 Å². The highest BCUT2D eigenvalue weighted by molar-refractivity contribution is 8.77. The lowest BCUT2D eigenvalue weighted by Gasteiger charge is -2.20. The Kier molecular flexibility index (Phi) is 6.16. The molecule has 6 nitrogen and oxygen atoms in total. The second kappa shape index (κ2) is 8.78. The topological polar surface area (TPSA) is 78.5 Å². The molecule has 0 unspecified atom stereocenters. The SMILES string of the molecule is O=C(CCCC[C@H]1CCSS1)Nc1ccc2c(c1)C(=O)N1CCC[C@H]1C(=O)N2. The zero-order valence-corrected chi connectivity index (χ0v) is 17.4. The molecular weight excluding hydrogens is 394 g/mol. The van der Waals surface area contributed by atoms with Crippen molar-refractivity contribution in [1.29, 1.82) is 0 Å². The number of amides is 3. The average Bonchev–Trinajstić information content (AvgIpc) is 3.36. The summed E-state index contributed by atoms with van der Waals surface area (Å²) in [6.07, 6.45) is 6.43. The first kappa shape index (κ1) is 19.6. The summed E-state index contributed by atoms with van der Waals surface area (Å²) in [7, 11) is 3.92. The molecule has 8 heteroatoms. The molecule has 0 aliphatic carbocycles. The van der Waals surface area contributed by atoms with Crippen LogP contribution in [-0.2, 0) is 9.59 Å². The van der Waals surface area contributed by atoms with Crippen LogP contribution in [0.25, 0.3) is 0 Å². The van der Waals surface area contributed by atoms with Crippen molar-refractivity contribution in [2.24, 2.45) is 0 Å². The summed E-state index contributed by atoms with van der Waals surface area (Å²) in [5.74, 6) is 0.947. The summed E-state index contributed by atoms with van der Waals surface area (Å²) in [5, 5.41) is 6.50. The largest absolute Gasteiger partial charge is 0.327 e. The van der Waals surface area contributed by atoms with Gasteiger partial charge < -0.3 is 15.5 Å². The molecule has 2 atom stereocenters. The molecule has 28 heavy (non-hydrogen) atoms. The number of carbonyl (C=O) groups is 3. The van der Waals surface area contributed by atoms with Crippen molar-refractivity contribution in [1.82, 2.24) is 4.90 Å². The van der Waals surface area contributed by atoms with E-state index in [1.165, 1.54) is 18.6 Å². The van der Waals surface area contributed by atoms with Gasteiger partial charge in [0.25, 0.3) is 5.91 Å². The van der Waals surface area contributed by atoms with Crippen LogP contribution in [0, 0.1) is 0 Å². The average molecular weight is 420 g/mol. The summed E-state index contributed by atoms with van der Waals surface area (Å²) in [6.45, 7) is 0.602. The van der Waals surface area contributed by atoms with Gasteiger partial charge in [-0.05, 0) is 50.3 Å². The lowest BCUT2D eigenvalue weighted by molar-refractivity contribution is -0.119. The lowest BCUT2D eigenvalue weighted by atomic mass is 10.1. The van der Waals surface area contributed by atoms with E-state index in [0.29, 0.717) is 36.3 Å². The molecule has 0 bridgehead atoms. The summed E-state index contributed by atoms with van der Waals surface area (Å²) in [6, 6.07) is 4.75. The van der Waals surface area contributed by atoms with Crippen molar-refractivity contribution in [3.05, 3.63) is 23.8 Å². The van der Waals surface area contributed by atoms with Gasteiger partial charge in [0.1, 0.15) is 6.04 Å². The molecule has 2 saturated heterocycles. The van der Waals surface area contributed by atoms with Gasteiger partial charge in [0.15, 0.2) is 0 Å². The van der Waals surface area contributed by atoms with Crippen LogP contribution >= 0.6 is 21.6 Å². The van der Waals surface area contributed by atoms with Crippen molar-refractivity contribution in [2.45, 2.75) is 56.2 Å². The Morgan fingerprint density at radius 3 is 2.96 bits per heavy atom. The number of anilines is 2. The molecule has 3 heterocycles. The highest BCUT2D eigenvalue weighted by Gasteiger charge is 2.38. The Hall–Kier alpha value is -1.67. The van der Waals surface area contributed by atoms with E-state index in [1.807, 2.05) is 21.6 Å². The number of hydrogen-bond acceptors (Lipinski definition) is 5. The Morgan fingerprint density at radius 2 is 2.14 bits per heavy atom. The number of nitrogens with one attached hydrogen (secondary N) is 2. The van der Waals surface area contributed by atoms with E-state index in [0.717, 1.165) is 24.5 Å². The maximum atomic E-state index is 12.9. The molecule has 4 rings (SSSR count). The van der Waals surface area contributed by atoms with E-state index in [2.05, 4.69) is 10.6 Å². The fourth-order valence-electron chi connectivity index (χ4n) is 4.01. The fraction of sp³-hybridized carbons (Fsp3) is 0.550. The Labute approximate surface area is 173 Å². The van der Waals surface area contributed by atoms with E-state index in [1.54, 1.807) is 23.1 Å². The predicted octanol–water partition coefficient (Wildman–Crippen LogP) is 3.90. The van der Waals surface area contributed by atoms with Gasteiger partial charge in [-0.25, -0.2) is 0 Å². The van der Waals surface area contributed by atoms with E-state index in [-0.39, 0.29) is 23.8 Å². The van der Waals surface area contributed by atoms with Crippen molar-refractivity contribution < 1.29 is 14.4 Å². The van der Waals surface area contributed by atoms with Crippen LogP contribution < -0.4 is 10.6 Å². The molecule has 2 fully saturated rings. The smallest absolute Gasteiger partial charge is 0.256 e. The maximum Gasteiger partial charge on any atom is 0.256 e. The molecule has 0 radical (unpaired) electrons. The molecule has 150 valence electrons. The third kappa shape index (κ3) is 4.33. The third-order valence-electron chi connectivity index (χ3n) is 5.52. The van der Waals surface area contributed by atoms with Crippen LogP contribution in [0.2, 0.25) is 0 Å². The number of nitrogens with zero attached hydrogens (tertiary/aromatic N) is 1. The van der Waals surface area contributed by atoms with Crippen LogP contribution in [0.4, 0.5) is 11.4 Å². The van der Waals surface area contributed by atoms with Gasteiger partial charge in [0.2, 0.25) is 11.8 Å². The van der Waals surface area contributed by atoms with Crippen LogP contribution in [-0.4, -0.2) is 46.2 Å². The summed E-state index contributed by atoms with van der Waals surface area (Å²) >= 11 is 0. The Balaban J connectivity index is 1.34. The quantitative estimate of drug-likeness (QED) is 0.540. The zero-order valence-electron chi connectivity index (χ0n) is 15.7. The number of benzene rings is 1. The number of hydrogen-bond donors (Lipinski definition) is 2. The standard InChI is InChI=1S/C20H25N3O3S2/c24-18(6-2-1-4-14-9-11-27-28-14)21-13-7-8-16-15(12-13)20(26)23-10-3-5-17(23)19(25)22-16/h7-8,12,14,17H,1-6,9-11H2,(H,21,24)(H,22,25)/t14-,17-/m0/s1. The second-order valence-corrected chi connectivity index (χ2v) is 10.3. The molecular formula is C20H25N3O3S2. The summed E-state index contributed by atoms with van der Waals surface area (Å²) in [4.78, 5) is 39.1. The molecule has 3 aliphatic heterocycles. The highest BCUT2D eigenvalue weighted by Crippen LogP contribution is 2.40. The van der Waals surface area contributed by atoms with Gasteiger partial charge in [-0.15, -0.1) is 0 Å². The molecule has 2 N–H and O–H groups in total. The lowest BCUT2D eigenvalue weighted by Crippen LogP contribution is -2.40. The van der Waals surface area contributed by atoms with Gasteiger partial charge in [-0.1, -0.05) is 28.0 Å². The van der Waals surface area contributed by atoms with E-state index >= 15 is 0 Å². The number of carbonyl (C=O) groups excluding carboxylic acids is 3. The third-order valence-corrected chi connectivity index (χ3v) is 8.52. The Morgan fingerprint density at radius 1 is 1.25 bits per heavy atom. The van der Waals surface area contributed by atoms with Crippen LogP contribution in [0.15, 0.2) is 18.2 Å². The van der Waals surface area contributed by atoms with Crippen LogP contribution in [0.5, 0.6) is 0 Å².